The predicted octanol–water partition coefficient (Wildman–Crippen LogP) is 2.84. The molecular weight excluding hydrogens is 382 g/mol. The van der Waals surface area contributed by atoms with Crippen LogP contribution in [0.5, 0.6) is 23.0 Å². The molecule has 0 amide bonds. The van der Waals surface area contributed by atoms with Gasteiger partial charge in [-0.3, -0.25) is 4.79 Å². The Hall–Kier alpha value is -2.99. The van der Waals surface area contributed by atoms with E-state index >= 15 is 0 Å². The van der Waals surface area contributed by atoms with Crippen LogP contribution in [0.1, 0.15) is 41.3 Å². The molecule has 0 spiro atoms. The highest BCUT2D eigenvalue weighted by Gasteiger charge is 2.33. The highest BCUT2D eigenvalue weighted by atomic mass is 16.5. The van der Waals surface area contributed by atoms with E-state index in [4.69, 9.17) is 14.2 Å². The maximum absolute atomic E-state index is 13.0. The number of phenols is 1. The number of piperidine rings is 1. The molecule has 2 heterocycles. The molecular formula is C24H28NO5+. The molecule has 4 rings (SSSR count). The number of rotatable bonds is 5. The fourth-order valence-corrected chi connectivity index (χ4v) is 4.35. The number of methoxy groups -OCH3 is 2. The molecule has 0 saturated carbocycles. The number of nitrogens with one attached hydrogen (secondary N) is 1. The molecule has 0 radical (unpaired) electrons. The van der Waals surface area contributed by atoms with Crippen molar-refractivity contribution in [3.8, 4) is 23.0 Å². The molecule has 0 aliphatic carbocycles. The Morgan fingerprint density at radius 2 is 2.07 bits per heavy atom. The van der Waals surface area contributed by atoms with Gasteiger partial charge in [-0.05, 0) is 43.2 Å². The second-order valence-electron chi connectivity index (χ2n) is 8.12. The molecule has 158 valence electrons. The van der Waals surface area contributed by atoms with Crippen molar-refractivity contribution < 1.29 is 29.0 Å². The number of fused-ring (bicyclic) bond motifs is 1. The summed E-state index contributed by atoms with van der Waals surface area (Å²) in [5, 5.41) is 10.5. The number of carbonyl (C=O) groups excluding carboxylic acids is 1. The molecule has 2 aromatic carbocycles. The molecule has 6 heteroatoms. The van der Waals surface area contributed by atoms with Gasteiger partial charge in [-0.15, -0.1) is 0 Å². The maximum atomic E-state index is 13.0. The smallest absolute Gasteiger partial charge is 0.231 e. The quantitative estimate of drug-likeness (QED) is 0.742. The van der Waals surface area contributed by atoms with Crippen LogP contribution in [0.25, 0.3) is 6.08 Å². The zero-order chi connectivity index (χ0) is 21.3. The zero-order valence-corrected chi connectivity index (χ0v) is 17.7. The SMILES string of the molecule is COc1ccc(C=C2Oc3c(ccc(O)c3C[NH+]3CCC[C@H](C)C3)C2=O)c(OC)c1. The second-order valence-corrected chi connectivity index (χ2v) is 8.12. The Labute approximate surface area is 176 Å². The molecule has 1 saturated heterocycles. The van der Waals surface area contributed by atoms with Crippen LogP contribution in [-0.4, -0.2) is 38.2 Å². The average Bonchev–Trinajstić information content (AvgIpc) is 3.06. The number of phenolic OH excluding ortho intramolecular Hbond substituents is 1. The van der Waals surface area contributed by atoms with Gasteiger partial charge >= 0.3 is 0 Å². The Bertz CT molecular complexity index is 997. The Kier molecular flexibility index (Phi) is 5.68. The maximum Gasteiger partial charge on any atom is 0.231 e. The number of ether oxygens (including phenoxy) is 3. The topological polar surface area (TPSA) is 69.4 Å². The van der Waals surface area contributed by atoms with E-state index in [1.165, 1.54) is 17.7 Å². The molecule has 2 aromatic rings. The summed E-state index contributed by atoms with van der Waals surface area (Å²) >= 11 is 0. The molecule has 2 aliphatic heterocycles. The summed E-state index contributed by atoms with van der Waals surface area (Å²) in [7, 11) is 3.16. The van der Waals surface area contributed by atoms with Gasteiger partial charge in [-0.2, -0.15) is 0 Å². The van der Waals surface area contributed by atoms with Gasteiger partial charge in [0.25, 0.3) is 0 Å². The third-order valence-corrected chi connectivity index (χ3v) is 5.93. The monoisotopic (exact) mass is 410 g/mol. The zero-order valence-electron chi connectivity index (χ0n) is 17.7. The van der Waals surface area contributed by atoms with Gasteiger partial charge in [-0.25, -0.2) is 0 Å². The van der Waals surface area contributed by atoms with E-state index in [2.05, 4.69) is 6.92 Å². The summed E-state index contributed by atoms with van der Waals surface area (Å²) < 4.78 is 16.7. The van der Waals surface area contributed by atoms with Crippen LogP contribution in [0.4, 0.5) is 0 Å². The van der Waals surface area contributed by atoms with Crippen molar-refractivity contribution in [2.24, 2.45) is 5.92 Å². The molecule has 0 bridgehead atoms. The number of hydrogen-bond donors (Lipinski definition) is 2. The van der Waals surface area contributed by atoms with Gasteiger partial charge in [0.15, 0.2) is 11.5 Å². The van der Waals surface area contributed by atoms with Crippen molar-refractivity contribution in [1.29, 1.82) is 0 Å². The number of carbonyl (C=O) groups is 1. The van der Waals surface area contributed by atoms with Crippen molar-refractivity contribution in [2.45, 2.75) is 26.3 Å². The Balaban J connectivity index is 1.65. The highest BCUT2D eigenvalue weighted by Crippen LogP contribution is 2.40. The number of ketones is 1. The Morgan fingerprint density at radius 1 is 1.23 bits per heavy atom. The summed E-state index contributed by atoms with van der Waals surface area (Å²) in [5.74, 6) is 2.60. The van der Waals surface area contributed by atoms with Crippen LogP contribution in [0.15, 0.2) is 36.1 Å². The molecule has 6 nitrogen and oxygen atoms in total. The normalized spacial score (nSPS) is 22.0. The van der Waals surface area contributed by atoms with Gasteiger partial charge in [0, 0.05) is 17.5 Å². The van der Waals surface area contributed by atoms with E-state index in [-0.39, 0.29) is 17.3 Å². The minimum Gasteiger partial charge on any atom is -0.507 e. The van der Waals surface area contributed by atoms with Gasteiger partial charge < -0.3 is 24.2 Å². The number of benzene rings is 2. The van der Waals surface area contributed by atoms with Crippen molar-refractivity contribution in [1.82, 2.24) is 0 Å². The van der Waals surface area contributed by atoms with Crippen LogP contribution in [0.3, 0.4) is 0 Å². The van der Waals surface area contributed by atoms with Gasteiger partial charge in [0.1, 0.15) is 23.8 Å². The lowest BCUT2D eigenvalue weighted by Crippen LogP contribution is -3.12. The summed E-state index contributed by atoms with van der Waals surface area (Å²) in [6.07, 6.45) is 4.10. The highest BCUT2D eigenvalue weighted by molar-refractivity contribution is 6.15. The van der Waals surface area contributed by atoms with E-state index in [9.17, 15) is 9.90 Å². The molecule has 30 heavy (non-hydrogen) atoms. The minimum atomic E-state index is -0.189. The van der Waals surface area contributed by atoms with Crippen molar-refractivity contribution in [2.75, 3.05) is 27.3 Å². The number of allylic oxidation sites excluding steroid dienone is 1. The second kappa shape index (κ2) is 8.40. The van der Waals surface area contributed by atoms with E-state index < -0.39 is 0 Å². The average molecular weight is 410 g/mol. The predicted molar refractivity (Wildman–Crippen MR) is 113 cm³/mol. The summed E-state index contributed by atoms with van der Waals surface area (Å²) in [5.41, 5.74) is 1.91. The van der Waals surface area contributed by atoms with Crippen molar-refractivity contribution in [3.05, 3.63) is 52.8 Å². The first-order chi connectivity index (χ1) is 14.5. The lowest BCUT2D eigenvalue weighted by Gasteiger charge is -2.28. The summed E-state index contributed by atoms with van der Waals surface area (Å²) in [4.78, 5) is 14.4. The molecule has 2 N–H and O–H groups in total. The molecule has 2 aliphatic rings. The van der Waals surface area contributed by atoms with E-state index in [1.54, 1.807) is 44.6 Å². The lowest BCUT2D eigenvalue weighted by atomic mass is 9.99. The van der Waals surface area contributed by atoms with Crippen LogP contribution in [0, 0.1) is 5.92 Å². The van der Waals surface area contributed by atoms with E-state index in [0.29, 0.717) is 40.8 Å². The number of aromatic hydroxyl groups is 1. The third kappa shape index (κ3) is 3.87. The van der Waals surface area contributed by atoms with E-state index in [1.807, 2.05) is 6.07 Å². The minimum absolute atomic E-state index is 0.176. The fraction of sp³-hybridized carbons (Fsp3) is 0.375. The molecule has 2 atom stereocenters. The van der Waals surface area contributed by atoms with Gasteiger partial charge in [0.05, 0.1) is 38.4 Å². The van der Waals surface area contributed by atoms with Gasteiger partial charge in [0.2, 0.25) is 5.78 Å². The van der Waals surface area contributed by atoms with Crippen molar-refractivity contribution in [3.63, 3.8) is 0 Å². The summed E-state index contributed by atoms with van der Waals surface area (Å²) in [6.45, 7) is 5.03. The number of hydrogen-bond acceptors (Lipinski definition) is 5. The van der Waals surface area contributed by atoms with Crippen LogP contribution in [0.2, 0.25) is 0 Å². The third-order valence-electron chi connectivity index (χ3n) is 5.93. The lowest BCUT2D eigenvalue weighted by molar-refractivity contribution is -0.922. The van der Waals surface area contributed by atoms with Gasteiger partial charge in [-0.1, -0.05) is 6.92 Å². The first kappa shape index (κ1) is 20.3. The van der Waals surface area contributed by atoms with Crippen molar-refractivity contribution >= 4 is 11.9 Å². The summed E-state index contributed by atoms with van der Waals surface area (Å²) in [6, 6.07) is 8.62. The first-order valence-electron chi connectivity index (χ1n) is 10.3. The Morgan fingerprint density at radius 3 is 2.80 bits per heavy atom. The van der Waals surface area contributed by atoms with Crippen LogP contribution in [-0.2, 0) is 6.54 Å². The molecule has 1 unspecified atom stereocenters. The standard InChI is InChI=1S/C24H27NO5/c1-15-5-4-10-25(13-15)14-19-20(26)9-8-18-23(27)22(30-24(18)19)11-16-6-7-17(28-2)12-21(16)29-3/h6-9,11-12,15,26H,4-5,10,13-14H2,1-3H3/p+1/t15-/m0/s1. The molecule has 1 fully saturated rings. The fourth-order valence-electron chi connectivity index (χ4n) is 4.35. The number of Topliss-reactive ketones (excluding diaryl/α,β-unsaturated/α-hetero) is 1. The number of likely N-dealkylation sites (tertiary alicyclic amines) is 1. The number of quaternary nitrogens is 1. The van der Waals surface area contributed by atoms with Crippen LogP contribution >= 0.6 is 0 Å². The van der Waals surface area contributed by atoms with Crippen LogP contribution < -0.4 is 19.1 Å². The van der Waals surface area contributed by atoms with E-state index in [0.717, 1.165) is 18.7 Å². The first-order valence-corrected chi connectivity index (χ1v) is 10.3. The molecule has 0 aromatic heterocycles. The largest absolute Gasteiger partial charge is 0.507 e.